The molecule has 0 spiro atoms. The van der Waals surface area contributed by atoms with Crippen molar-refractivity contribution in [3.05, 3.63) is 83.8 Å². The predicted molar refractivity (Wildman–Crippen MR) is 98.3 cm³/mol. The molecule has 1 aromatic heterocycles. The molecule has 0 aliphatic carbocycles. The first kappa shape index (κ1) is 18.2. The van der Waals surface area contributed by atoms with E-state index in [2.05, 4.69) is 10.0 Å². The van der Waals surface area contributed by atoms with Crippen molar-refractivity contribution in [3.63, 3.8) is 0 Å². The predicted octanol–water partition coefficient (Wildman–Crippen LogP) is 2.88. The molecule has 0 bridgehead atoms. The van der Waals surface area contributed by atoms with Crippen molar-refractivity contribution in [3.8, 4) is 6.07 Å². The molecule has 2 N–H and O–H groups in total. The SMILES string of the molecule is N#Cc1ccc(NS(=O)(=O)c2ccc(C(=O)NCc3ccco3)cc2)cc1. The first-order valence-electron chi connectivity index (χ1n) is 7.91. The molecule has 0 saturated heterocycles. The van der Waals surface area contributed by atoms with Gasteiger partial charge in [-0.1, -0.05) is 0 Å². The van der Waals surface area contributed by atoms with Crippen molar-refractivity contribution >= 4 is 21.6 Å². The Hall–Kier alpha value is -3.57. The Bertz CT molecular complexity index is 1070. The van der Waals surface area contributed by atoms with Crippen molar-refractivity contribution < 1.29 is 17.6 Å². The van der Waals surface area contributed by atoms with Crippen LogP contribution >= 0.6 is 0 Å². The molecule has 136 valence electrons. The van der Waals surface area contributed by atoms with Gasteiger partial charge in [0.1, 0.15) is 5.76 Å². The van der Waals surface area contributed by atoms with E-state index in [0.717, 1.165) is 0 Å². The summed E-state index contributed by atoms with van der Waals surface area (Å²) < 4.78 is 32.4. The van der Waals surface area contributed by atoms with Gasteiger partial charge >= 0.3 is 0 Å². The average molecular weight is 381 g/mol. The Labute approximate surface area is 156 Å². The highest BCUT2D eigenvalue weighted by molar-refractivity contribution is 7.92. The van der Waals surface area contributed by atoms with Crippen molar-refractivity contribution in [2.75, 3.05) is 4.72 Å². The van der Waals surface area contributed by atoms with Crippen molar-refractivity contribution in [2.45, 2.75) is 11.4 Å². The lowest BCUT2D eigenvalue weighted by Gasteiger charge is -2.09. The number of nitrogens with one attached hydrogen (secondary N) is 2. The number of benzene rings is 2. The van der Waals surface area contributed by atoms with Gasteiger partial charge in [0, 0.05) is 11.3 Å². The highest BCUT2D eigenvalue weighted by Crippen LogP contribution is 2.17. The van der Waals surface area contributed by atoms with Gasteiger partial charge in [-0.25, -0.2) is 8.42 Å². The number of furan rings is 1. The van der Waals surface area contributed by atoms with Crippen LogP contribution in [0.5, 0.6) is 0 Å². The highest BCUT2D eigenvalue weighted by Gasteiger charge is 2.15. The van der Waals surface area contributed by atoms with E-state index in [1.165, 1.54) is 54.8 Å². The van der Waals surface area contributed by atoms with E-state index in [0.29, 0.717) is 22.6 Å². The van der Waals surface area contributed by atoms with E-state index in [4.69, 9.17) is 9.68 Å². The second kappa shape index (κ2) is 7.76. The Morgan fingerprint density at radius 3 is 2.33 bits per heavy atom. The second-order valence-electron chi connectivity index (χ2n) is 5.58. The maximum absolute atomic E-state index is 12.4. The topological polar surface area (TPSA) is 112 Å². The van der Waals surface area contributed by atoms with Crippen molar-refractivity contribution in [1.82, 2.24) is 5.32 Å². The molecule has 7 nitrogen and oxygen atoms in total. The van der Waals surface area contributed by atoms with Crippen molar-refractivity contribution in [1.29, 1.82) is 5.26 Å². The number of nitriles is 1. The maximum atomic E-state index is 12.4. The van der Waals surface area contributed by atoms with Gasteiger partial charge < -0.3 is 9.73 Å². The fourth-order valence-corrected chi connectivity index (χ4v) is 3.35. The minimum Gasteiger partial charge on any atom is -0.467 e. The summed E-state index contributed by atoms with van der Waals surface area (Å²) in [6, 6.07) is 17.1. The monoisotopic (exact) mass is 381 g/mol. The standard InChI is InChI=1S/C19H15N3O4S/c20-12-14-3-7-16(8-4-14)22-27(24,25)18-9-5-15(6-10-18)19(23)21-13-17-2-1-11-26-17/h1-11,22H,13H2,(H,21,23). The third kappa shape index (κ3) is 4.54. The molecule has 1 heterocycles. The zero-order chi connectivity index (χ0) is 19.3. The second-order valence-corrected chi connectivity index (χ2v) is 7.26. The summed E-state index contributed by atoms with van der Waals surface area (Å²) in [5.41, 5.74) is 1.11. The largest absolute Gasteiger partial charge is 0.467 e. The number of rotatable bonds is 6. The van der Waals surface area contributed by atoms with Crippen LogP contribution in [0, 0.1) is 11.3 Å². The molecule has 0 unspecified atom stereocenters. The number of hydrogen-bond acceptors (Lipinski definition) is 5. The molecule has 27 heavy (non-hydrogen) atoms. The van der Waals surface area contributed by atoms with Crippen LogP contribution in [-0.2, 0) is 16.6 Å². The molecule has 3 aromatic rings. The number of carbonyl (C=O) groups excluding carboxylic acids is 1. The van der Waals surface area contributed by atoms with Gasteiger partial charge in [-0.2, -0.15) is 5.26 Å². The fraction of sp³-hybridized carbons (Fsp3) is 0.0526. The molecule has 0 aliphatic rings. The van der Waals surface area contributed by atoms with Gasteiger partial charge in [0.15, 0.2) is 0 Å². The molecular weight excluding hydrogens is 366 g/mol. The summed E-state index contributed by atoms with van der Waals surface area (Å²) in [5, 5.41) is 11.5. The van der Waals surface area contributed by atoms with Crippen LogP contribution in [0.2, 0.25) is 0 Å². The molecule has 8 heteroatoms. The first-order valence-corrected chi connectivity index (χ1v) is 9.40. The number of sulfonamides is 1. The number of amides is 1. The van der Waals surface area contributed by atoms with Crippen LogP contribution in [0.15, 0.2) is 76.2 Å². The van der Waals surface area contributed by atoms with Gasteiger partial charge in [-0.15, -0.1) is 0 Å². The average Bonchev–Trinajstić information content (AvgIpc) is 3.20. The number of anilines is 1. The summed E-state index contributed by atoms with van der Waals surface area (Å²) in [6.07, 6.45) is 1.52. The Kier molecular flexibility index (Phi) is 5.24. The van der Waals surface area contributed by atoms with Crippen LogP contribution in [-0.4, -0.2) is 14.3 Å². The molecule has 0 fully saturated rings. The molecule has 2 aromatic carbocycles. The van der Waals surface area contributed by atoms with E-state index in [1.54, 1.807) is 12.1 Å². The first-order chi connectivity index (χ1) is 13.0. The molecule has 3 rings (SSSR count). The Morgan fingerprint density at radius 1 is 1.04 bits per heavy atom. The van der Waals surface area contributed by atoms with E-state index >= 15 is 0 Å². The number of carbonyl (C=O) groups is 1. The van der Waals surface area contributed by atoms with Gasteiger partial charge in [-0.05, 0) is 60.7 Å². The highest BCUT2D eigenvalue weighted by atomic mass is 32.2. The van der Waals surface area contributed by atoms with Gasteiger partial charge in [0.05, 0.1) is 29.3 Å². The fourth-order valence-electron chi connectivity index (χ4n) is 2.29. The summed E-state index contributed by atoms with van der Waals surface area (Å²) in [4.78, 5) is 12.1. The molecule has 0 radical (unpaired) electrons. The third-order valence-electron chi connectivity index (χ3n) is 3.70. The summed E-state index contributed by atoms with van der Waals surface area (Å²) in [5.74, 6) is 0.282. The Morgan fingerprint density at radius 2 is 1.74 bits per heavy atom. The number of nitrogens with zero attached hydrogens (tertiary/aromatic N) is 1. The molecule has 0 aliphatic heterocycles. The molecule has 0 saturated carbocycles. The summed E-state index contributed by atoms with van der Waals surface area (Å²) in [6.45, 7) is 0.242. The van der Waals surface area contributed by atoms with E-state index in [9.17, 15) is 13.2 Å². The van der Waals surface area contributed by atoms with Gasteiger partial charge in [-0.3, -0.25) is 9.52 Å². The van der Waals surface area contributed by atoms with Crippen LogP contribution in [0.4, 0.5) is 5.69 Å². The van der Waals surface area contributed by atoms with Crippen molar-refractivity contribution in [2.24, 2.45) is 0 Å². The zero-order valence-corrected chi connectivity index (χ0v) is 14.9. The summed E-state index contributed by atoms with van der Waals surface area (Å²) in [7, 11) is -3.80. The van der Waals surface area contributed by atoms with Crippen LogP contribution < -0.4 is 10.0 Å². The van der Waals surface area contributed by atoms with Crippen LogP contribution in [0.3, 0.4) is 0 Å². The lowest BCUT2D eigenvalue weighted by atomic mass is 10.2. The quantitative estimate of drug-likeness (QED) is 0.682. The van der Waals surface area contributed by atoms with Gasteiger partial charge in [0.25, 0.3) is 15.9 Å². The summed E-state index contributed by atoms with van der Waals surface area (Å²) >= 11 is 0. The third-order valence-corrected chi connectivity index (χ3v) is 5.09. The normalized spacial score (nSPS) is 10.8. The zero-order valence-electron chi connectivity index (χ0n) is 14.0. The minimum atomic E-state index is -3.80. The molecule has 1 amide bonds. The van der Waals surface area contributed by atoms with E-state index in [1.807, 2.05) is 6.07 Å². The maximum Gasteiger partial charge on any atom is 0.261 e. The van der Waals surface area contributed by atoms with Gasteiger partial charge in [0.2, 0.25) is 0 Å². The smallest absolute Gasteiger partial charge is 0.261 e. The number of hydrogen-bond donors (Lipinski definition) is 2. The lowest BCUT2D eigenvalue weighted by Crippen LogP contribution is -2.22. The molecular formula is C19H15N3O4S. The minimum absolute atomic E-state index is 0.0226. The Balaban J connectivity index is 1.67. The van der Waals surface area contributed by atoms with E-state index < -0.39 is 10.0 Å². The lowest BCUT2D eigenvalue weighted by molar-refractivity contribution is 0.0948. The van der Waals surface area contributed by atoms with Crippen LogP contribution in [0.25, 0.3) is 0 Å². The van der Waals surface area contributed by atoms with Crippen LogP contribution in [0.1, 0.15) is 21.7 Å². The van der Waals surface area contributed by atoms with E-state index in [-0.39, 0.29) is 17.3 Å². The molecule has 0 atom stereocenters.